The number of ether oxygens (including phenoxy) is 2. The van der Waals surface area contributed by atoms with Crippen molar-refractivity contribution in [1.82, 2.24) is 5.32 Å². The molecule has 0 unspecified atom stereocenters. The number of hydrogen-bond acceptors (Lipinski definition) is 3. The number of thiocarbonyl (C=S) groups is 1. The zero-order valence-corrected chi connectivity index (χ0v) is 13.6. The predicted molar refractivity (Wildman–Crippen MR) is 87.2 cm³/mol. The van der Waals surface area contributed by atoms with Crippen molar-refractivity contribution in [1.29, 1.82) is 0 Å². The van der Waals surface area contributed by atoms with Gasteiger partial charge in [0, 0.05) is 19.9 Å². The van der Waals surface area contributed by atoms with Crippen LogP contribution in [-0.4, -0.2) is 32.2 Å². The molecule has 0 spiro atoms. The van der Waals surface area contributed by atoms with Gasteiger partial charge < -0.3 is 20.1 Å². The molecule has 1 aromatic carbocycles. The molecule has 1 rings (SSSR count). The van der Waals surface area contributed by atoms with Gasteiger partial charge in [-0.3, -0.25) is 0 Å². The summed E-state index contributed by atoms with van der Waals surface area (Å²) in [5.74, 6) is 0. The van der Waals surface area contributed by atoms with E-state index in [1.807, 2.05) is 12.1 Å². The first-order valence-electron chi connectivity index (χ1n) is 6.58. The summed E-state index contributed by atoms with van der Waals surface area (Å²) in [7, 11) is 3.19. The second-order valence-corrected chi connectivity index (χ2v) is 5.97. The number of rotatable bonds is 5. The standard InChI is InChI=1S/C15H24N2O2S/c1-15(2,3)11-6-8-12(9-7-11)17-14(20)16-10-13(18-4)19-5/h6-9,13H,10H2,1-5H3,(H2,16,17,20). The van der Waals surface area contributed by atoms with Gasteiger partial charge >= 0.3 is 0 Å². The highest BCUT2D eigenvalue weighted by molar-refractivity contribution is 7.80. The Morgan fingerprint density at radius 2 is 1.70 bits per heavy atom. The van der Waals surface area contributed by atoms with E-state index < -0.39 is 0 Å². The van der Waals surface area contributed by atoms with Crippen LogP contribution in [0.1, 0.15) is 26.3 Å². The molecule has 20 heavy (non-hydrogen) atoms. The van der Waals surface area contributed by atoms with Crippen LogP contribution >= 0.6 is 12.2 Å². The monoisotopic (exact) mass is 296 g/mol. The lowest BCUT2D eigenvalue weighted by Crippen LogP contribution is -2.36. The third kappa shape index (κ3) is 5.45. The summed E-state index contributed by atoms with van der Waals surface area (Å²) < 4.78 is 10.2. The molecule has 1 aromatic rings. The Morgan fingerprint density at radius 1 is 1.15 bits per heavy atom. The topological polar surface area (TPSA) is 42.5 Å². The molecule has 0 aliphatic carbocycles. The quantitative estimate of drug-likeness (QED) is 0.646. The fourth-order valence-corrected chi connectivity index (χ4v) is 1.87. The minimum absolute atomic E-state index is 0.154. The minimum atomic E-state index is -0.307. The van der Waals surface area contributed by atoms with Crippen molar-refractivity contribution < 1.29 is 9.47 Å². The molecule has 0 heterocycles. The van der Waals surface area contributed by atoms with E-state index in [0.29, 0.717) is 11.7 Å². The van der Waals surface area contributed by atoms with Crippen molar-refractivity contribution in [2.45, 2.75) is 32.5 Å². The highest BCUT2D eigenvalue weighted by Crippen LogP contribution is 2.23. The lowest BCUT2D eigenvalue weighted by Gasteiger charge is -2.20. The Kier molecular flexibility index (Phi) is 6.39. The van der Waals surface area contributed by atoms with Gasteiger partial charge in [0.05, 0.1) is 6.54 Å². The fraction of sp³-hybridized carbons (Fsp3) is 0.533. The maximum Gasteiger partial charge on any atom is 0.174 e. The Morgan fingerprint density at radius 3 is 2.15 bits per heavy atom. The molecule has 0 atom stereocenters. The van der Waals surface area contributed by atoms with Crippen LogP contribution in [-0.2, 0) is 14.9 Å². The molecule has 0 saturated carbocycles. The Balaban J connectivity index is 2.50. The van der Waals surface area contributed by atoms with Crippen molar-refractivity contribution in [3.05, 3.63) is 29.8 Å². The molecule has 4 nitrogen and oxygen atoms in total. The largest absolute Gasteiger partial charge is 0.357 e. The predicted octanol–water partition coefficient (Wildman–Crippen LogP) is 2.89. The second kappa shape index (κ2) is 7.57. The highest BCUT2D eigenvalue weighted by atomic mass is 32.1. The summed E-state index contributed by atoms with van der Waals surface area (Å²) >= 11 is 5.22. The molecule has 0 radical (unpaired) electrons. The average Bonchev–Trinajstić information content (AvgIpc) is 2.39. The van der Waals surface area contributed by atoms with Gasteiger partial charge in [0.25, 0.3) is 0 Å². The van der Waals surface area contributed by atoms with E-state index >= 15 is 0 Å². The molecule has 0 fully saturated rings. The first-order valence-corrected chi connectivity index (χ1v) is 6.98. The Hall–Kier alpha value is -1.17. The van der Waals surface area contributed by atoms with Crippen molar-refractivity contribution in [3.63, 3.8) is 0 Å². The normalized spacial score (nSPS) is 11.5. The average molecular weight is 296 g/mol. The van der Waals surface area contributed by atoms with Gasteiger partial charge in [-0.2, -0.15) is 0 Å². The molecule has 0 saturated heterocycles. The van der Waals surface area contributed by atoms with Crippen molar-refractivity contribution in [3.8, 4) is 0 Å². The molecule has 0 aliphatic rings. The summed E-state index contributed by atoms with van der Waals surface area (Å²) in [6, 6.07) is 8.27. The molecule has 112 valence electrons. The van der Waals surface area contributed by atoms with E-state index in [4.69, 9.17) is 21.7 Å². The molecule has 0 aromatic heterocycles. The highest BCUT2D eigenvalue weighted by Gasteiger charge is 2.13. The lowest BCUT2D eigenvalue weighted by molar-refractivity contribution is -0.0964. The number of benzene rings is 1. The first-order chi connectivity index (χ1) is 9.36. The number of anilines is 1. The van der Waals surface area contributed by atoms with Gasteiger partial charge in [-0.25, -0.2) is 0 Å². The smallest absolute Gasteiger partial charge is 0.174 e. The van der Waals surface area contributed by atoms with Gasteiger partial charge in [0.2, 0.25) is 0 Å². The summed E-state index contributed by atoms with van der Waals surface area (Å²) in [4.78, 5) is 0. The molecule has 0 aliphatic heterocycles. The molecular formula is C15H24N2O2S. The van der Waals surface area contributed by atoms with Crippen LogP contribution in [0.25, 0.3) is 0 Å². The summed E-state index contributed by atoms with van der Waals surface area (Å²) in [5, 5.41) is 6.73. The fourth-order valence-electron chi connectivity index (χ4n) is 1.67. The van der Waals surface area contributed by atoms with Crippen LogP contribution in [0, 0.1) is 0 Å². The van der Waals surface area contributed by atoms with Gasteiger partial charge in [-0.05, 0) is 35.3 Å². The van der Waals surface area contributed by atoms with Crippen LogP contribution < -0.4 is 10.6 Å². The van der Waals surface area contributed by atoms with Crippen molar-refractivity contribution in [2.24, 2.45) is 0 Å². The first kappa shape index (κ1) is 16.9. The molecule has 2 N–H and O–H groups in total. The minimum Gasteiger partial charge on any atom is -0.357 e. The van der Waals surface area contributed by atoms with E-state index in [0.717, 1.165) is 5.69 Å². The van der Waals surface area contributed by atoms with Crippen LogP contribution in [0.3, 0.4) is 0 Å². The van der Waals surface area contributed by atoms with Crippen molar-refractivity contribution >= 4 is 23.0 Å². The molecular weight excluding hydrogens is 272 g/mol. The van der Waals surface area contributed by atoms with Gasteiger partial charge in [0.15, 0.2) is 11.4 Å². The number of hydrogen-bond donors (Lipinski definition) is 2. The third-order valence-corrected chi connectivity index (χ3v) is 3.21. The zero-order valence-electron chi connectivity index (χ0n) is 12.8. The Labute approximate surface area is 126 Å². The SMILES string of the molecule is COC(CNC(=S)Nc1ccc(C(C)(C)C)cc1)OC. The lowest BCUT2D eigenvalue weighted by atomic mass is 9.87. The van der Waals surface area contributed by atoms with E-state index in [1.165, 1.54) is 5.56 Å². The van der Waals surface area contributed by atoms with Crippen LogP contribution in [0.2, 0.25) is 0 Å². The molecule has 0 bridgehead atoms. The van der Waals surface area contributed by atoms with E-state index in [1.54, 1.807) is 14.2 Å². The molecule has 0 amide bonds. The van der Waals surface area contributed by atoms with E-state index in [9.17, 15) is 0 Å². The summed E-state index contributed by atoms with van der Waals surface area (Å²) in [6.07, 6.45) is -0.307. The molecule has 5 heteroatoms. The second-order valence-electron chi connectivity index (χ2n) is 5.56. The number of nitrogens with one attached hydrogen (secondary N) is 2. The Bertz CT molecular complexity index is 422. The van der Waals surface area contributed by atoms with Crippen molar-refractivity contribution in [2.75, 3.05) is 26.1 Å². The van der Waals surface area contributed by atoms with Gasteiger partial charge in [-0.15, -0.1) is 0 Å². The van der Waals surface area contributed by atoms with Crippen LogP contribution in [0.5, 0.6) is 0 Å². The van der Waals surface area contributed by atoms with Crippen LogP contribution in [0.15, 0.2) is 24.3 Å². The van der Waals surface area contributed by atoms with E-state index in [2.05, 4.69) is 43.5 Å². The maximum absolute atomic E-state index is 5.22. The van der Waals surface area contributed by atoms with E-state index in [-0.39, 0.29) is 11.7 Å². The van der Waals surface area contributed by atoms with Crippen LogP contribution in [0.4, 0.5) is 5.69 Å². The third-order valence-electron chi connectivity index (χ3n) is 2.96. The zero-order chi connectivity index (χ0) is 15.2. The van der Waals surface area contributed by atoms with Gasteiger partial charge in [0.1, 0.15) is 0 Å². The number of methoxy groups -OCH3 is 2. The van der Waals surface area contributed by atoms with Gasteiger partial charge in [-0.1, -0.05) is 32.9 Å². The summed E-state index contributed by atoms with van der Waals surface area (Å²) in [5.41, 5.74) is 2.41. The maximum atomic E-state index is 5.22. The summed E-state index contributed by atoms with van der Waals surface area (Å²) in [6.45, 7) is 7.07.